The van der Waals surface area contributed by atoms with E-state index >= 15 is 0 Å². The molecule has 0 heterocycles. The molecule has 0 saturated heterocycles. The van der Waals surface area contributed by atoms with Crippen molar-refractivity contribution in [2.45, 2.75) is 6.42 Å². The van der Waals surface area contributed by atoms with Gasteiger partial charge in [0.05, 0.1) is 13.0 Å². The summed E-state index contributed by atoms with van der Waals surface area (Å²) in [4.78, 5) is 11.1. The zero-order valence-corrected chi connectivity index (χ0v) is 8.00. The fourth-order valence-electron chi connectivity index (χ4n) is 1.29. The highest BCUT2D eigenvalue weighted by Gasteiger charge is 2.28. The van der Waals surface area contributed by atoms with Crippen LogP contribution in [0.3, 0.4) is 0 Å². The zero-order chi connectivity index (χ0) is 8.27. The lowest BCUT2D eigenvalue weighted by atomic mass is 9.98. The van der Waals surface area contributed by atoms with Crippen molar-refractivity contribution in [2.24, 2.45) is 11.8 Å². The van der Waals surface area contributed by atoms with Crippen LogP contribution in [0.2, 0.25) is 0 Å². The maximum atomic E-state index is 11.1. The number of allylic oxidation sites excluding steroid dienone is 2. The van der Waals surface area contributed by atoms with Gasteiger partial charge in [-0.1, -0.05) is 28.1 Å². The number of halogens is 1. The van der Waals surface area contributed by atoms with E-state index in [4.69, 9.17) is 0 Å². The fourth-order valence-corrected chi connectivity index (χ4v) is 1.96. The third-order valence-electron chi connectivity index (χ3n) is 1.97. The van der Waals surface area contributed by atoms with E-state index in [1.807, 2.05) is 6.08 Å². The van der Waals surface area contributed by atoms with E-state index in [0.29, 0.717) is 5.92 Å². The number of hydrogen-bond acceptors (Lipinski definition) is 2. The Morgan fingerprint density at radius 3 is 3.09 bits per heavy atom. The molecule has 3 heteroatoms. The van der Waals surface area contributed by atoms with Gasteiger partial charge in [-0.2, -0.15) is 0 Å². The van der Waals surface area contributed by atoms with Crippen LogP contribution in [0.5, 0.6) is 0 Å². The molecule has 0 aliphatic heterocycles. The molecule has 0 aromatic rings. The molecule has 0 unspecified atom stereocenters. The smallest absolute Gasteiger partial charge is 0.309 e. The Morgan fingerprint density at radius 1 is 1.82 bits per heavy atom. The van der Waals surface area contributed by atoms with Crippen LogP contribution < -0.4 is 0 Å². The minimum Gasteiger partial charge on any atom is -0.469 e. The van der Waals surface area contributed by atoms with Gasteiger partial charge in [-0.15, -0.1) is 0 Å². The van der Waals surface area contributed by atoms with E-state index in [2.05, 4.69) is 26.7 Å². The number of rotatable bonds is 2. The average molecular weight is 219 g/mol. The van der Waals surface area contributed by atoms with E-state index in [-0.39, 0.29) is 11.9 Å². The van der Waals surface area contributed by atoms with Crippen LogP contribution in [0.15, 0.2) is 12.2 Å². The van der Waals surface area contributed by atoms with Crippen molar-refractivity contribution in [1.29, 1.82) is 0 Å². The summed E-state index contributed by atoms with van der Waals surface area (Å²) in [6.07, 6.45) is 4.92. The Labute approximate surface area is 74.7 Å². The molecule has 0 amide bonds. The van der Waals surface area contributed by atoms with Crippen molar-refractivity contribution in [3.63, 3.8) is 0 Å². The molecule has 11 heavy (non-hydrogen) atoms. The van der Waals surface area contributed by atoms with E-state index in [0.717, 1.165) is 11.8 Å². The van der Waals surface area contributed by atoms with Crippen LogP contribution in [-0.2, 0) is 9.53 Å². The molecule has 1 rings (SSSR count). The molecule has 0 radical (unpaired) electrons. The quantitative estimate of drug-likeness (QED) is 0.401. The summed E-state index contributed by atoms with van der Waals surface area (Å²) in [7, 11) is 1.44. The highest BCUT2D eigenvalue weighted by atomic mass is 79.9. The van der Waals surface area contributed by atoms with E-state index in [1.165, 1.54) is 7.11 Å². The van der Waals surface area contributed by atoms with Gasteiger partial charge in [0, 0.05) is 11.2 Å². The van der Waals surface area contributed by atoms with Gasteiger partial charge in [-0.25, -0.2) is 0 Å². The summed E-state index contributed by atoms with van der Waals surface area (Å²) in [6, 6.07) is 0. The molecule has 2 nitrogen and oxygen atoms in total. The lowest BCUT2D eigenvalue weighted by Gasteiger charge is -2.13. The number of carbonyl (C=O) groups is 1. The van der Waals surface area contributed by atoms with Gasteiger partial charge in [-0.3, -0.25) is 4.79 Å². The number of esters is 1. The third kappa shape index (κ3) is 1.83. The van der Waals surface area contributed by atoms with Crippen molar-refractivity contribution in [2.75, 3.05) is 12.4 Å². The first-order valence-electron chi connectivity index (χ1n) is 3.60. The second kappa shape index (κ2) is 3.90. The number of carbonyl (C=O) groups excluding carboxylic acids is 1. The number of alkyl halides is 1. The molecular weight excluding hydrogens is 208 g/mol. The summed E-state index contributed by atoms with van der Waals surface area (Å²) in [5.41, 5.74) is 0. The second-order valence-corrected chi connectivity index (χ2v) is 3.26. The Balaban J connectivity index is 2.53. The van der Waals surface area contributed by atoms with Crippen LogP contribution in [0.1, 0.15) is 6.42 Å². The summed E-state index contributed by atoms with van der Waals surface area (Å²) < 4.78 is 4.67. The monoisotopic (exact) mass is 218 g/mol. The van der Waals surface area contributed by atoms with Crippen molar-refractivity contribution in [1.82, 2.24) is 0 Å². The molecule has 0 spiro atoms. The summed E-state index contributed by atoms with van der Waals surface area (Å²) in [5, 5.41) is 0.837. The minimum absolute atomic E-state index is 0.0411. The number of hydrogen-bond donors (Lipinski definition) is 0. The normalized spacial score (nSPS) is 28.9. The van der Waals surface area contributed by atoms with Gasteiger partial charge in [-0.05, 0) is 6.42 Å². The van der Waals surface area contributed by atoms with Gasteiger partial charge in [0.2, 0.25) is 0 Å². The van der Waals surface area contributed by atoms with Crippen molar-refractivity contribution < 1.29 is 9.53 Å². The first kappa shape index (κ1) is 8.78. The van der Waals surface area contributed by atoms with Gasteiger partial charge in [0.15, 0.2) is 0 Å². The van der Waals surface area contributed by atoms with E-state index < -0.39 is 0 Å². The van der Waals surface area contributed by atoms with Gasteiger partial charge < -0.3 is 4.74 Å². The van der Waals surface area contributed by atoms with Gasteiger partial charge >= 0.3 is 5.97 Å². The first-order chi connectivity index (χ1) is 5.29. The predicted molar refractivity (Wildman–Crippen MR) is 46.5 cm³/mol. The molecule has 0 bridgehead atoms. The van der Waals surface area contributed by atoms with E-state index in [1.54, 1.807) is 0 Å². The number of ether oxygens (including phenoxy) is 1. The van der Waals surface area contributed by atoms with Gasteiger partial charge in [0.25, 0.3) is 0 Å². The third-order valence-corrected chi connectivity index (χ3v) is 2.72. The summed E-state index contributed by atoms with van der Waals surface area (Å²) in [6.45, 7) is 0. The lowest BCUT2D eigenvalue weighted by molar-refractivity contribution is -0.146. The van der Waals surface area contributed by atoms with Crippen LogP contribution in [0.25, 0.3) is 0 Å². The van der Waals surface area contributed by atoms with Crippen molar-refractivity contribution in [3.8, 4) is 0 Å². The van der Waals surface area contributed by atoms with Crippen molar-refractivity contribution in [3.05, 3.63) is 12.2 Å². The van der Waals surface area contributed by atoms with E-state index in [9.17, 15) is 4.79 Å². The summed E-state index contributed by atoms with van der Waals surface area (Å²) in [5.74, 6) is 0.265. The SMILES string of the molecule is COC(=O)[C@H]1CC=C[C@@H]1CBr. The summed E-state index contributed by atoms with van der Waals surface area (Å²) >= 11 is 3.36. The van der Waals surface area contributed by atoms with Crippen LogP contribution in [0.4, 0.5) is 0 Å². The molecule has 2 atom stereocenters. The standard InChI is InChI=1S/C8H11BrO2/c1-11-8(10)7-4-2-3-6(7)5-9/h2-3,6-7H,4-5H2,1H3/t6-,7+/m1/s1. The maximum absolute atomic E-state index is 11.1. The molecule has 0 aromatic carbocycles. The molecule has 1 aliphatic rings. The van der Waals surface area contributed by atoms with Crippen molar-refractivity contribution >= 4 is 21.9 Å². The van der Waals surface area contributed by atoms with Crippen LogP contribution in [-0.4, -0.2) is 18.4 Å². The molecular formula is C8H11BrO2. The molecule has 62 valence electrons. The largest absolute Gasteiger partial charge is 0.469 e. The highest BCUT2D eigenvalue weighted by Crippen LogP contribution is 2.27. The molecule has 0 saturated carbocycles. The Hall–Kier alpha value is -0.310. The maximum Gasteiger partial charge on any atom is 0.309 e. The number of methoxy groups -OCH3 is 1. The van der Waals surface area contributed by atoms with Crippen LogP contribution >= 0.6 is 15.9 Å². The van der Waals surface area contributed by atoms with Crippen LogP contribution in [0, 0.1) is 11.8 Å². The van der Waals surface area contributed by atoms with Gasteiger partial charge in [0.1, 0.15) is 0 Å². The zero-order valence-electron chi connectivity index (χ0n) is 6.42. The second-order valence-electron chi connectivity index (χ2n) is 2.61. The predicted octanol–water partition coefficient (Wildman–Crippen LogP) is 1.75. The molecule has 1 aliphatic carbocycles. The molecule has 0 aromatic heterocycles. The topological polar surface area (TPSA) is 26.3 Å². The molecule has 0 fully saturated rings. The average Bonchev–Trinajstić information content (AvgIpc) is 2.50. The minimum atomic E-state index is -0.0977. The lowest BCUT2D eigenvalue weighted by Crippen LogP contribution is -2.21. The fraction of sp³-hybridized carbons (Fsp3) is 0.625. The highest BCUT2D eigenvalue weighted by molar-refractivity contribution is 9.09. The molecule has 0 N–H and O–H groups in total. The Morgan fingerprint density at radius 2 is 2.55 bits per heavy atom. The Kier molecular flexibility index (Phi) is 3.12. The Bertz CT molecular complexity index is 177. The first-order valence-corrected chi connectivity index (χ1v) is 4.72.